The predicted octanol–water partition coefficient (Wildman–Crippen LogP) is 3.56. The van der Waals surface area contributed by atoms with Gasteiger partial charge in [-0.2, -0.15) is 0 Å². The minimum Gasteiger partial charge on any atom is -0.322 e. The number of carbonyl (C=O) groups is 2. The summed E-state index contributed by atoms with van der Waals surface area (Å²) in [6, 6.07) is 10.3. The molecule has 2 aromatic carbocycles. The average molecular weight is 362 g/mol. The highest BCUT2D eigenvalue weighted by Gasteiger charge is 2.07. The number of carbonyl (C=O) groups excluding carboxylic acids is 2. The van der Waals surface area contributed by atoms with Gasteiger partial charge >= 0.3 is 0 Å². The third kappa shape index (κ3) is 5.32. The molecule has 0 saturated heterocycles. The van der Waals surface area contributed by atoms with E-state index in [4.69, 9.17) is 11.6 Å². The Bertz CT molecular complexity index is 820. The lowest BCUT2D eigenvalue weighted by atomic mass is 10.2. The summed E-state index contributed by atoms with van der Waals surface area (Å²) in [6.07, 6.45) is 1.30. The van der Waals surface area contributed by atoms with Crippen LogP contribution in [0.25, 0.3) is 0 Å². The van der Waals surface area contributed by atoms with Crippen LogP contribution in [0.3, 0.4) is 0 Å². The Balaban J connectivity index is 1.92. The minimum atomic E-state index is -0.446. The maximum absolute atomic E-state index is 12.8. The van der Waals surface area contributed by atoms with Crippen LogP contribution >= 0.6 is 11.6 Å². The van der Waals surface area contributed by atoms with Crippen molar-refractivity contribution in [3.63, 3.8) is 0 Å². The normalized spacial score (nSPS) is 11.0. The van der Waals surface area contributed by atoms with E-state index in [0.29, 0.717) is 22.0 Å². The SMILES string of the molecule is CC(=CC(=O)Nc1cccc(Cl)c1C)NNC(=O)c1ccc(F)cc1. The van der Waals surface area contributed by atoms with Crippen LogP contribution in [0.2, 0.25) is 5.02 Å². The summed E-state index contributed by atoms with van der Waals surface area (Å²) >= 11 is 6.01. The Morgan fingerprint density at radius 3 is 2.44 bits per heavy atom. The Morgan fingerprint density at radius 1 is 1.08 bits per heavy atom. The van der Waals surface area contributed by atoms with Crippen molar-refractivity contribution in [2.75, 3.05) is 5.32 Å². The first-order valence-corrected chi connectivity index (χ1v) is 7.81. The smallest absolute Gasteiger partial charge is 0.269 e. The van der Waals surface area contributed by atoms with Gasteiger partial charge in [0.05, 0.1) is 0 Å². The van der Waals surface area contributed by atoms with Gasteiger partial charge in [0.15, 0.2) is 0 Å². The van der Waals surface area contributed by atoms with E-state index in [1.165, 1.54) is 30.3 Å². The number of benzene rings is 2. The zero-order chi connectivity index (χ0) is 18.4. The number of rotatable bonds is 5. The lowest BCUT2D eigenvalue weighted by Gasteiger charge is -2.10. The van der Waals surface area contributed by atoms with Crippen LogP contribution in [0.15, 0.2) is 54.2 Å². The van der Waals surface area contributed by atoms with Gasteiger partial charge in [-0.05, 0) is 55.8 Å². The van der Waals surface area contributed by atoms with Crippen molar-refractivity contribution >= 4 is 29.1 Å². The van der Waals surface area contributed by atoms with Gasteiger partial charge in [0.2, 0.25) is 5.91 Å². The molecule has 0 aromatic heterocycles. The number of amides is 2. The van der Waals surface area contributed by atoms with Crippen molar-refractivity contribution < 1.29 is 14.0 Å². The number of allylic oxidation sites excluding steroid dienone is 1. The van der Waals surface area contributed by atoms with Gasteiger partial charge in [0.25, 0.3) is 5.91 Å². The van der Waals surface area contributed by atoms with Gasteiger partial charge in [-0.3, -0.25) is 15.0 Å². The fourth-order valence-electron chi connectivity index (χ4n) is 1.97. The lowest BCUT2D eigenvalue weighted by Crippen LogP contribution is -2.36. The number of hydrogen-bond donors (Lipinski definition) is 3. The van der Waals surface area contributed by atoms with Crippen LogP contribution < -0.4 is 16.2 Å². The zero-order valence-corrected chi connectivity index (χ0v) is 14.4. The summed E-state index contributed by atoms with van der Waals surface area (Å²) in [4.78, 5) is 23.9. The first-order valence-electron chi connectivity index (χ1n) is 7.43. The molecule has 2 amide bonds. The van der Waals surface area contributed by atoms with Gasteiger partial charge in [0.1, 0.15) is 5.82 Å². The largest absolute Gasteiger partial charge is 0.322 e. The van der Waals surface area contributed by atoms with E-state index < -0.39 is 11.7 Å². The van der Waals surface area contributed by atoms with Crippen molar-refractivity contribution in [3.8, 4) is 0 Å². The molecular formula is C18H17ClFN3O2. The fourth-order valence-corrected chi connectivity index (χ4v) is 2.15. The van der Waals surface area contributed by atoms with E-state index in [0.717, 1.165) is 5.56 Å². The van der Waals surface area contributed by atoms with E-state index >= 15 is 0 Å². The van der Waals surface area contributed by atoms with E-state index in [-0.39, 0.29) is 5.91 Å². The second-order valence-electron chi connectivity index (χ2n) is 5.32. The van der Waals surface area contributed by atoms with Gasteiger partial charge in [0, 0.05) is 28.0 Å². The summed E-state index contributed by atoms with van der Waals surface area (Å²) in [5, 5.41) is 3.27. The number of hydrazine groups is 1. The third-order valence-electron chi connectivity index (χ3n) is 3.35. The maximum atomic E-state index is 12.8. The Kier molecular flexibility index (Phi) is 6.14. The number of hydrogen-bond acceptors (Lipinski definition) is 3. The molecule has 130 valence electrons. The van der Waals surface area contributed by atoms with Crippen LogP contribution in [0.1, 0.15) is 22.8 Å². The van der Waals surface area contributed by atoms with Crippen molar-refractivity contribution in [1.82, 2.24) is 10.9 Å². The summed E-state index contributed by atoms with van der Waals surface area (Å²) in [7, 11) is 0. The van der Waals surface area contributed by atoms with E-state index in [9.17, 15) is 14.0 Å². The summed E-state index contributed by atoms with van der Waals surface area (Å²) in [6.45, 7) is 3.42. The molecule has 2 aromatic rings. The third-order valence-corrected chi connectivity index (χ3v) is 3.76. The van der Waals surface area contributed by atoms with E-state index in [1.54, 1.807) is 32.0 Å². The fraction of sp³-hybridized carbons (Fsp3) is 0.111. The Labute approximate surface area is 149 Å². The maximum Gasteiger partial charge on any atom is 0.269 e. The molecule has 5 nitrogen and oxygen atoms in total. The molecule has 0 saturated carbocycles. The van der Waals surface area contributed by atoms with Crippen LogP contribution in [0, 0.1) is 12.7 Å². The molecule has 0 bridgehead atoms. The van der Waals surface area contributed by atoms with Crippen molar-refractivity contribution in [1.29, 1.82) is 0 Å². The number of nitrogens with one attached hydrogen (secondary N) is 3. The summed E-state index contributed by atoms with van der Waals surface area (Å²) in [5.41, 5.74) is 7.14. The van der Waals surface area contributed by atoms with Crippen molar-refractivity contribution in [2.45, 2.75) is 13.8 Å². The molecule has 25 heavy (non-hydrogen) atoms. The summed E-state index contributed by atoms with van der Waals surface area (Å²) in [5.74, 6) is -1.24. The first kappa shape index (κ1) is 18.5. The molecule has 0 aliphatic carbocycles. The van der Waals surface area contributed by atoms with E-state index in [1.807, 2.05) is 0 Å². The molecule has 0 aliphatic heterocycles. The lowest BCUT2D eigenvalue weighted by molar-refractivity contribution is -0.112. The molecule has 0 fully saturated rings. The molecule has 3 N–H and O–H groups in total. The van der Waals surface area contributed by atoms with Crippen LogP contribution in [0.5, 0.6) is 0 Å². The molecular weight excluding hydrogens is 345 g/mol. The summed E-state index contributed by atoms with van der Waals surface area (Å²) < 4.78 is 12.8. The van der Waals surface area contributed by atoms with Crippen molar-refractivity contribution in [2.24, 2.45) is 0 Å². The molecule has 0 unspecified atom stereocenters. The monoisotopic (exact) mass is 361 g/mol. The zero-order valence-electron chi connectivity index (χ0n) is 13.7. The predicted molar refractivity (Wildman–Crippen MR) is 95.6 cm³/mol. The average Bonchev–Trinajstić information content (AvgIpc) is 2.57. The highest BCUT2D eigenvalue weighted by molar-refractivity contribution is 6.31. The van der Waals surface area contributed by atoms with Gasteiger partial charge < -0.3 is 10.7 Å². The molecule has 0 aliphatic rings. The number of halogens is 2. The Morgan fingerprint density at radius 2 is 1.76 bits per heavy atom. The quantitative estimate of drug-likeness (QED) is 0.563. The molecule has 2 rings (SSSR count). The van der Waals surface area contributed by atoms with Crippen LogP contribution in [-0.2, 0) is 4.79 Å². The Hall–Kier alpha value is -2.86. The molecule has 0 radical (unpaired) electrons. The first-order chi connectivity index (χ1) is 11.9. The van der Waals surface area contributed by atoms with Crippen LogP contribution in [-0.4, -0.2) is 11.8 Å². The molecule has 0 atom stereocenters. The van der Waals surface area contributed by atoms with Crippen LogP contribution in [0.4, 0.5) is 10.1 Å². The number of anilines is 1. The topological polar surface area (TPSA) is 70.2 Å². The van der Waals surface area contributed by atoms with Gasteiger partial charge in [-0.15, -0.1) is 0 Å². The molecule has 0 spiro atoms. The standard InChI is InChI=1S/C18H17ClFN3O2/c1-11(22-23-18(25)13-6-8-14(20)9-7-13)10-17(24)21-16-5-3-4-15(19)12(16)2/h3-10,22H,1-2H3,(H,21,24)(H,23,25). The van der Waals surface area contributed by atoms with Crippen molar-refractivity contribution in [3.05, 3.63) is 76.2 Å². The van der Waals surface area contributed by atoms with Gasteiger partial charge in [-0.1, -0.05) is 17.7 Å². The highest BCUT2D eigenvalue weighted by Crippen LogP contribution is 2.22. The van der Waals surface area contributed by atoms with Gasteiger partial charge in [-0.25, -0.2) is 4.39 Å². The minimum absolute atomic E-state index is 0.292. The highest BCUT2D eigenvalue weighted by atomic mass is 35.5. The molecule has 0 heterocycles. The second kappa shape index (κ2) is 8.30. The van der Waals surface area contributed by atoms with E-state index in [2.05, 4.69) is 16.2 Å². The second-order valence-corrected chi connectivity index (χ2v) is 5.72. The molecule has 7 heteroatoms.